The summed E-state index contributed by atoms with van der Waals surface area (Å²) in [6.07, 6.45) is -0.181. The average Bonchev–Trinajstić information content (AvgIpc) is 2.95. The molecule has 1 aromatic rings. The molecule has 17 heavy (non-hydrogen) atoms. The van der Waals surface area contributed by atoms with E-state index in [1.54, 1.807) is 6.07 Å². The number of rotatable bonds is 3. The molecule has 0 saturated heterocycles. The Morgan fingerprint density at radius 3 is 3.06 bits per heavy atom. The van der Waals surface area contributed by atoms with Crippen molar-refractivity contribution in [1.82, 2.24) is 5.06 Å². The standard InChI is InChI=1S/C10H11ClN2O3S/c1-13(15-2)10(14)7-5-6(12-16-7)8-3-4-9(11)17-8/h3-4,7H,5H2,1-2H3. The Morgan fingerprint density at radius 1 is 1.71 bits per heavy atom. The number of thiophene rings is 1. The molecule has 1 unspecified atom stereocenters. The predicted molar refractivity (Wildman–Crippen MR) is 65.1 cm³/mol. The highest BCUT2D eigenvalue weighted by molar-refractivity contribution is 7.18. The largest absolute Gasteiger partial charge is 0.382 e. The zero-order valence-corrected chi connectivity index (χ0v) is 10.9. The van der Waals surface area contributed by atoms with E-state index in [1.165, 1.54) is 25.5 Å². The van der Waals surface area contributed by atoms with Gasteiger partial charge in [-0.15, -0.1) is 11.3 Å². The van der Waals surface area contributed by atoms with Crippen molar-refractivity contribution in [2.75, 3.05) is 14.2 Å². The molecule has 7 heteroatoms. The van der Waals surface area contributed by atoms with Crippen LogP contribution in [0.5, 0.6) is 0 Å². The molecule has 0 N–H and O–H groups in total. The SMILES string of the molecule is CON(C)C(=O)C1CC(c2ccc(Cl)s2)=NO1. The first kappa shape index (κ1) is 12.3. The number of likely N-dealkylation sites (N-methyl/N-ethyl adjacent to an activating group) is 1. The molecule has 1 amide bonds. The summed E-state index contributed by atoms with van der Waals surface area (Å²) in [6.45, 7) is 0. The molecule has 1 aromatic heterocycles. The van der Waals surface area contributed by atoms with Crippen LogP contribution in [0.1, 0.15) is 11.3 Å². The number of nitrogens with zero attached hydrogens (tertiary/aromatic N) is 2. The first-order valence-corrected chi connectivity index (χ1v) is 6.11. The van der Waals surface area contributed by atoms with Crippen LogP contribution in [-0.2, 0) is 14.5 Å². The topological polar surface area (TPSA) is 51.1 Å². The quantitative estimate of drug-likeness (QED) is 0.791. The summed E-state index contributed by atoms with van der Waals surface area (Å²) in [7, 11) is 2.96. The van der Waals surface area contributed by atoms with Crippen LogP contribution in [-0.4, -0.2) is 36.9 Å². The minimum atomic E-state index is -0.615. The third-order valence-corrected chi connectivity index (χ3v) is 3.67. The molecule has 2 rings (SSSR count). The normalized spacial score (nSPS) is 18.8. The summed E-state index contributed by atoms with van der Waals surface area (Å²) in [5.41, 5.74) is 0.741. The lowest BCUT2D eigenvalue weighted by Crippen LogP contribution is -2.35. The molecule has 0 fully saturated rings. The summed E-state index contributed by atoms with van der Waals surface area (Å²) in [5.74, 6) is -0.256. The van der Waals surface area contributed by atoms with Crippen LogP contribution in [0.4, 0.5) is 0 Å². The smallest absolute Gasteiger partial charge is 0.290 e. The molecule has 2 heterocycles. The number of carbonyl (C=O) groups excluding carboxylic acids is 1. The van der Waals surface area contributed by atoms with Crippen molar-refractivity contribution in [1.29, 1.82) is 0 Å². The van der Waals surface area contributed by atoms with Crippen molar-refractivity contribution >= 4 is 34.6 Å². The maximum Gasteiger partial charge on any atom is 0.290 e. The number of hydrogen-bond donors (Lipinski definition) is 0. The third-order valence-electron chi connectivity index (χ3n) is 2.39. The Balaban J connectivity index is 2.02. The molecule has 1 atom stereocenters. The number of hydroxylamine groups is 2. The Bertz CT molecular complexity index is 460. The molecular formula is C10H11ClN2O3S. The summed E-state index contributed by atoms with van der Waals surface area (Å²) in [5, 5.41) is 5.03. The fourth-order valence-corrected chi connectivity index (χ4v) is 2.45. The van der Waals surface area contributed by atoms with E-state index in [0.29, 0.717) is 10.8 Å². The van der Waals surface area contributed by atoms with Crippen molar-refractivity contribution in [3.8, 4) is 0 Å². The minimum absolute atomic E-state index is 0.256. The van der Waals surface area contributed by atoms with E-state index >= 15 is 0 Å². The molecule has 0 aliphatic carbocycles. The first-order valence-electron chi connectivity index (χ1n) is 4.92. The van der Waals surface area contributed by atoms with Crippen LogP contribution in [0.15, 0.2) is 17.3 Å². The fourth-order valence-electron chi connectivity index (χ4n) is 1.42. The van der Waals surface area contributed by atoms with Crippen molar-refractivity contribution < 1.29 is 14.5 Å². The molecule has 1 aliphatic rings. The highest BCUT2D eigenvalue weighted by Gasteiger charge is 2.31. The molecule has 0 bridgehead atoms. The highest BCUT2D eigenvalue weighted by atomic mass is 35.5. The van der Waals surface area contributed by atoms with Gasteiger partial charge in [0.15, 0.2) is 0 Å². The maximum absolute atomic E-state index is 11.7. The molecule has 92 valence electrons. The molecule has 5 nitrogen and oxygen atoms in total. The zero-order valence-electron chi connectivity index (χ0n) is 9.34. The third kappa shape index (κ3) is 2.59. The lowest BCUT2D eigenvalue weighted by Gasteiger charge is -2.16. The van der Waals surface area contributed by atoms with Gasteiger partial charge in [0.1, 0.15) is 5.71 Å². The van der Waals surface area contributed by atoms with Gasteiger partial charge in [-0.2, -0.15) is 0 Å². The molecular weight excluding hydrogens is 264 g/mol. The Labute approximate surface area is 108 Å². The van der Waals surface area contributed by atoms with Crippen LogP contribution < -0.4 is 0 Å². The van der Waals surface area contributed by atoms with Gasteiger partial charge in [-0.05, 0) is 12.1 Å². The zero-order chi connectivity index (χ0) is 12.4. The van der Waals surface area contributed by atoms with Gasteiger partial charge in [0, 0.05) is 13.5 Å². The summed E-state index contributed by atoms with van der Waals surface area (Å²) >= 11 is 7.25. The van der Waals surface area contributed by atoms with E-state index in [9.17, 15) is 4.79 Å². The molecule has 0 spiro atoms. The molecule has 1 aliphatic heterocycles. The molecule has 0 aromatic carbocycles. The summed E-state index contributed by atoms with van der Waals surface area (Å²) in [6, 6.07) is 3.66. The van der Waals surface area contributed by atoms with Crippen molar-refractivity contribution in [3.05, 3.63) is 21.3 Å². The van der Waals surface area contributed by atoms with E-state index in [2.05, 4.69) is 5.16 Å². The van der Waals surface area contributed by atoms with E-state index in [4.69, 9.17) is 21.3 Å². The Hall–Kier alpha value is -1.11. The van der Waals surface area contributed by atoms with Crippen molar-refractivity contribution in [3.63, 3.8) is 0 Å². The van der Waals surface area contributed by atoms with Crippen LogP contribution in [0, 0.1) is 0 Å². The lowest BCUT2D eigenvalue weighted by molar-refractivity contribution is -0.179. The minimum Gasteiger partial charge on any atom is -0.382 e. The number of oxime groups is 1. The van der Waals surface area contributed by atoms with Gasteiger partial charge in [-0.25, -0.2) is 5.06 Å². The van der Waals surface area contributed by atoms with E-state index in [-0.39, 0.29) is 5.91 Å². The van der Waals surface area contributed by atoms with Gasteiger partial charge in [0.25, 0.3) is 5.91 Å². The number of amides is 1. The van der Waals surface area contributed by atoms with Gasteiger partial charge >= 0.3 is 0 Å². The first-order chi connectivity index (χ1) is 8.11. The number of carbonyl (C=O) groups is 1. The van der Waals surface area contributed by atoms with Gasteiger partial charge < -0.3 is 4.84 Å². The maximum atomic E-state index is 11.7. The van der Waals surface area contributed by atoms with E-state index in [0.717, 1.165) is 15.7 Å². The van der Waals surface area contributed by atoms with Crippen LogP contribution in [0.25, 0.3) is 0 Å². The fraction of sp³-hybridized carbons (Fsp3) is 0.400. The number of hydrogen-bond acceptors (Lipinski definition) is 5. The monoisotopic (exact) mass is 274 g/mol. The van der Waals surface area contributed by atoms with Crippen LogP contribution in [0.3, 0.4) is 0 Å². The lowest BCUT2D eigenvalue weighted by atomic mass is 10.1. The van der Waals surface area contributed by atoms with Crippen LogP contribution in [0.2, 0.25) is 4.34 Å². The predicted octanol–water partition coefficient (Wildman–Crippen LogP) is 1.91. The van der Waals surface area contributed by atoms with Crippen molar-refractivity contribution in [2.45, 2.75) is 12.5 Å². The van der Waals surface area contributed by atoms with Gasteiger partial charge in [0.2, 0.25) is 6.10 Å². The second-order valence-corrected chi connectivity index (χ2v) is 5.17. The second kappa shape index (κ2) is 5.03. The summed E-state index contributed by atoms with van der Waals surface area (Å²) in [4.78, 5) is 22.6. The summed E-state index contributed by atoms with van der Waals surface area (Å²) < 4.78 is 0.687. The highest BCUT2D eigenvalue weighted by Crippen LogP contribution is 2.26. The van der Waals surface area contributed by atoms with Gasteiger partial charge in [0.05, 0.1) is 16.3 Å². The van der Waals surface area contributed by atoms with Gasteiger partial charge in [-0.3, -0.25) is 9.63 Å². The number of halogens is 1. The van der Waals surface area contributed by atoms with Crippen molar-refractivity contribution in [2.24, 2.45) is 5.16 Å². The van der Waals surface area contributed by atoms with Crippen LogP contribution >= 0.6 is 22.9 Å². The second-order valence-electron chi connectivity index (χ2n) is 3.46. The van der Waals surface area contributed by atoms with E-state index in [1.807, 2.05) is 6.07 Å². The average molecular weight is 275 g/mol. The Kier molecular flexibility index (Phi) is 3.66. The Morgan fingerprint density at radius 2 is 2.47 bits per heavy atom. The van der Waals surface area contributed by atoms with E-state index < -0.39 is 6.10 Å². The van der Waals surface area contributed by atoms with Gasteiger partial charge in [-0.1, -0.05) is 16.8 Å². The molecule has 0 radical (unpaired) electrons. The molecule has 0 saturated carbocycles.